The quantitative estimate of drug-likeness (QED) is 0.617. The molecule has 5 heteroatoms. The highest BCUT2D eigenvalue weighted by Gasteiger charge is 2.17. The summed E-state index contributed by atoms with van der Waals surface area (Å²) in [4.78, 5) is 22.2. The standard InChI is InChI=1S/C14H14BrNO3/c1-3-19-13(18)7-10-4-5-12(11(6-10)8-16)14(15)9(2)17/h4-6,14H,3,7H2,1-2H3. The number of benzene rings is 1. The second-order valence-electron chi connectivity index (χ2n) is 3.99. The molecule has 0 aliphatic carbocycles. The molecular weight excluding hydrogens is 310 g/mol. The molecule has 1 aromatic carbocycles. The van der Waals surface area contributed by atoms with Gasteiger partial charge in [-0.05, 0) is 31.0 Å². The van der Waals surface area contributed by atoms with Crippen LogP contribution in [-0.4, -0.2) is 18.4 Å². The molecule has 0 saturated carbocycles. The van der Waals surface area contributed by atoms with Crippen molar-refractivity contribution in [3.8, 4) is 6.07 Å². The minimum Gasteiger partial charge on any atom is -0.466 e. The molecule has 0 spiro atoms. The molecule has 100 valence electrons. The Balaban J connectivity index is 3.00. The number of alkyl halides is 1. The molecule has 0 radical (unpaired) electrons. The number of esters is 1. The number of ketones is 1. The zero-order valence-electron chi connectivity index (χ0n) is 10.8. The first-order valence-corrected chi connectivity index (χ1v) is 6.74. The van der Waals surface area contributed by atoms with Crippen LogP contribution in [0.3, 0.4) is 0 Å². The van der Waals surface area contributed by atoms with Gasteiger partial charge in [0.05, 0.1) is 29.5 Å². The predicted molar refractivity (Wildman–Crippen MR) is 73.8 cm³/mol. The van der Waals surface area contributed by atoms with Crippen molar-refractivity contribution in [3.05, 3.63) is 34.9 Å². The van der Waals surface area contributed by atoms with E-state index < -0.39 is 4.83 Å². The van der Waals surface area contributed by atoms with Crippen molar-refractivity contribution in [1.82, 2.24) is 0 Å². The molecule has 4 nitrogen and oxygen atoms in total. The highest BCUT2D eigenvalue weighted by molar-refractivity contribution is 9.09. The normalized spacial score (nSPS) is 11.5. The molecule has 0 aliphatic rings. The number of halogens is 1. The number of rotatable bonds is 5. The van der Waals surface area contributed by atoms with E-state index in [-0.39, 0.29) is 18.2 Å². The summed E-state index contributed by atoms with van der Waals surface area (Å²) in [6.45, 7) is 3.52. The first-order valence-electron chi connectivity index (χ1n) is 5.82. The van der Waals surface area contributed by atoms with Crippen LogP contribution in [0.15, 0.2) is 18.2 Å². The molecular formula is C14H14BrNO3. The fourth-order valence-corrected chi connectivity index (χ4v) is 2.03. The van der Waals surface area contributed by atoms with Crippen LogP contribution in [0.25, 0.3) is 0 Å². The molecule has 0 N–H and O–H groups in total. The van der Waals surface area contributed by atoms with Gasteiger partial charge in [-0.2, -0.15) is 5.26 Å². The fraction of sp³-hybridized carbons (Fsp3) is 0.357. The van der Waals surface area contributed by atoms with Crippen LogP contribution in [0, 0.1) is 11.3 Å². The van der Waals surface area contributed by atoms with Gasteiger partial charge < -0.3 is 4.74 Å². The van der Waals surface area contributed by atoms with Crippen molar-refractivity contribution >= 4 is 27.7 Å². The number of Topliss-reactive ketones (excluding diaryl/α,β-unsaturated/α-hetero) is 1. The topological polar surface area (TPSA) is 67.2 Å². The minimum atomic E-state index is -0.501. The van der Waals surface area contributed by atoms with Crippen molar-refractivity contribution < 1.29 is 14.3 Å². The Morgan fingerprint density at radius 3 is 2.68 bits per heavy atom. The molecule has 1 rings (SSSR count). The van der Waals surface area contributed by atoms with Gasteiger partial charge in [0.25, 0.3) is 0 Å². The third kappa shape index (κ3) is 4.18. The Morgan fingerprint density at radius 1 is 1.47 bits per heavy atom. The van der Waals surface area contributed by atoms with Crippen LogP contribution < -0.4 is 0 Å². The lowest BCUT2D eigenvalue weighted by Crippen LogP contribution is -2.09. The zero-order valence-corrected chi connectivity index (χ0v) is 12.4. The number of nitriles is 1. The third-order valence-corrected chi connectivity index (χ3v) is 3.66. The van der Waals surface area contributed by atoms with E-state index in [4.69, 9.17) is 10.00 Å². The number of hydrogen-bond donors (Lipinski definition) is 0. The van der Waals surface area contributed by atoms with E-state index in [1.54, 1.807) is 25.1 Å². The maximum Gasteiger partial charge on any atom is 0.310 e. The van der Waals surface area contributed by atoms with Gasteiger partial charge in [0.15, 0.2) is 0 Å². The molecule has 0 fully saturated rings. The van der Waals surface area contributed by atoms with Crippen LogP contribution >= 0.6 is 15.9 Å². The van der Waals surface area contributed by atoms with E-state index >= 15 is 0 Å². The van der Waals surface area contributed by atoms with E-state index in [1.165, 1.54) is 6.92 Å². The Morgan fingerprint density at radius 2 is 2.16 bits per heavy atom. The highest BCUT2D eigenvalue weighted by atomic mass is 79.9. The number of hydrogen-bond acceptors (Lipinski definition) is 4. The van der Waals surface area contributed by atoms with E-state index in [0.29, 0.717) is 23.3 Å². The van der Waals surface area contributed by atoms with Crippen molar-refractivity contribution in [2.24, 2.45) is 0 Å². The SMILES string of the molecule is CCOC(=O)Cc1ccc(C(Br)C(C)=O)c(C#N)c1. The number of carbonyl (C=O) groups excluding carboxylic acids is 2. The Hall–Kier alpha value is -1.67. The van der Waals surface area contributed by atoms with Crippen molar-refractivity contribution in [2.75, 3.05) is 6.61 Å². The average molecular weight is 324 g/mol. The summed E-state index contributed by atoms with van der Waals surface area (Å²) in [5, 5.41) is 9.11. The lowest BCUT2D eigenvalue weighted by atomic mass is 9.99. The molecule has 19 heavy (non-hydrogen) atoms. The van der Waals surface area contributed by atoms with Crippen molar-refractivity contribution in [1.29, 1.82) is 5.26 Å². The molecule has 0 heterocycles. The zero-order chi connectivity index (χ0) is 14.4. The number of nitrogens with zero attached hydrogens (tertiary/aromatic N) is 1. The van der Waals surface area contributed by atoms with E-state index in [1.807, 2.05) is 6.07 Å². The Labute approximate surface area is 120 Å². The first-order chi connectivity index (χ1) is 8.99. The van der Waals surface area contributed by atoms with Gasteiger partial charge in [-0.3, -0.25) is 9.59 Å². The van der Waals surface area contributed by atoms with Gasteiger partial charge in [-0.1, -0.05) is 28.1 Å². The second kappa shape index (κ2) is 7.05. The molecule has 1 unspecified atom stereocenters. The van der Waals surface area contributed by atoms with Crippen LogP contribution in [0.4, 0.5) is 0 Å². The van der Waals surface area contributed by atoms with Crippen molar-refractivity contribution in [2.45, 2.75) is 25.1 Å². The van der Waals surface area contributed by atoms with Gasteiger partial charge in [-0.15, -0.1) is 0 Å². The Kier molecular flexibility index (Phi) is 5.71. The van der Waals surface area contributed by atoms with E-state index in [9.17, 15) is 9.59 Å². The number of carbonyl (C=O) groups is 2. The largest absolute Gasteiger partial charge is 0.466 e. The molecule has 0 amide bonds. The summed E-state index contributed by atoms with van der Waals surface area (Å²) >= 11 is 3.25. The highest BCUT2D eigenvalue weighted by Crippen LogP contribution is 2.27. The maximum atomic E-state index is 11.4. The number of ether oxygens (including phenoxy) is 1. The predicted octanol–water partition coefficient (Wildman–Crippen LogP) is 2.69. The smallest absolute Gasteiger partial charge is 0.310 e. The minimum absolute atomic E-state index is 0.0744. The van der Waals surface area contributed by atoms with Gasteiger partial charge in [0, 0.05) is 0 Å². The van der Waals surface area contributed by atoms with Crippen LogP contribution in [-0.2, 0) is 20.7 Å². The van der Waals surface area contributed by atoms with Crippen LogP contribution in [0.2, 0.25) is 0 Å². The lowest BCUT2D eigenvalue weighted by Gasteiger charge is -2.10. The van der Waals surface area contributed by atoms with Crippen molar-refractivity contribution in [3.63, 3.8) is 0 Å². The van der Waals surface area contributed by atoms with Gasteiger partial charge in [0.2, 0.25) is 0 Å². The third-order valence-electron chi connectivity index (χ3n) is 2.52. The fourth-order valence-electron chi connectivity index (χ4n) is 1.63. The van der Waals surface area contributed by atoms with Crippen LogP contribution in [0.5, 0.6) is 0 Å². The lowest BCUT2D eigenvalue weighted by molar-refractivity contribution is -0.142. The summed E-state index contributed by atoms with van der Waals surface area (Å²) in [5.41, 5.74) is 1.70. The van der Waals surface area contributed by atoms with Gasteiger partial charge in [0.1, 0.15) is 5.78 Å². The van der Waals surface area contributed by atoms with E-state index in [0.717, 1.165) is 0 Å². The molecule has 1 aromatic rings. The molecule has 0 aliphatic heterocycles. The maximum absolute atomic E-state index is 11.4. The molecule has 1 atom stereocenters. The summed E-state index contributed by atoms with van der Waals surface area (Å²) in [5.74, 6) is -0.407. The molecule has 0 saturated heterocycles. The monoisotopic (exact) mass is 323 g/mol. The Bertz CT molecular complexity index is 534. The van der Waals surface area contributed by atoms with Gasteiger partial charge in [-0.25, -0.2) is 0 Å². The first kappa shape index (κ1) is 15.4. The molecule has 0 aromatic heterocycles. The summed E-state index contributed by atoms with van der Waals surface area (Å²) in [6, 6.07) is 7.07. The summed E-state index contributed by atoms with van der Waals surface area (Å²) < 4.78 is 4.85. The second-order valence-corrected chi connectivity index (χ2v) is 4.90. The van der Waals surface area contributed by atoms with Crippen LogP contribution in [0.1, 0.15) is 35.4 Å². The molecule has 0 bridgehead atoms. The summed E-state index contributed by atoms with van der Waals surface area (Å²) in [6.07, 6.45) is 0.121. The van der Waals surface area contributed by atoms with Gasteiger partial charge >= 0.3 is 5.97 Å². The average Bonchev–Trinajstić information content (AvgIpc) is 2.37. The van der Waals surface area contributed by atoms with E-state index in [2.05, 4.69) is 15.9 Å². The summed E-state index contributed by atoms with van der Waals surface area (Å²) in [7, 11) is 0.